The molecule has 0 spiro atoms. The van der Waals surface area contributed by atoms with E-state index in [9.17, 15) is 4.79 Å². The molecule has 2 heterocycles. The molecule has 0 unspecified atom stereocenters. The van der Waals surface area contributed by atoms with E-state index in [1.807, 2.05) is 18.2 Å². The number of hydrogen-bond acceptors (Lipinski definition) is 2. The van der Waals surface area contributed by atoms with E-state index in [0.29, 0.717) is 12.0 Å². The molecule has 4 nitrogen and oxygen atoms in total. The molecule has 20 heavy (non-hydrogen) atoms. The molecule has 2 saturated heterocycles. The minimum absolute atomic E-state index is 0.282. The van der Waals surface area contributed by atoms with Gasteiger partial charge in [-0.1, -0.05) is 12.1 Å². The quantitative estimate of drug-likeness (QED) is 0.886. The predicted molar refractivity (Wildman–Crippen MR) is 80.0 cm³/mol. The van der Waals surface area contributed by atoms with E-state index < -0.39 is 0 Å². The van der Waals surface area contributed by atoms with Crippen LogP contribution < -0.4 is 10.6 Å². The number of amidine groups is 1. The van der Waals surface area contributed by atoms with Gasteiger partial charge in [0.25, 0.3) is 0 Å². The van der Waals surface area contributed by atoms with Crippen molar-refractivity contribution in [3.8, 4) is 0 Å². The fraction of sp³-hybridized carbons (Fsp3) is 0.500. The molecule has 106 valence electrons. The topological polar surface area (TPSA) is 70.2 Å². The molecule has 1 saturated carbocycles. The van der Waals surface area contributed by atoms with Crippen molar-refractivity contribution >= 4 is 17.4 Å². The lowest BCUT2D eigenvalue weighted by atomic mass is 9.78. The van der Waals surface area contributed by atoms with Crippen LogP contribution in [0.4, 0.5) is 5.69 Å². The summed E-state index contributed by atoms with van der Waals surface area (Å²) in [6, 6.07) is 6.51. The lowest BCUT2D eigenvalue weighted by Crippen LogP contribution is -2.52. The summed E-state index contributed by atoms with van der Waals surface area (Å²) in [6.07, 6.45) is 4.99. The zero-order valence-electron chi connectivity index (χ0n) is 11.9. The summed E-state index contributed by atoms with van der Waals surface area (Å²) in [5, 5.41) is 8.39. The fourth-order valence-corrected chi connectivity index (χ4v) is 3.63. The number of carbonyl (C=O) groups excluding carboxylic acids is 1. The number of nitrogens with zero attached hydrogens (tertiary/aromatic N) is 1. The molecule has 2 bridgehead atoms. The summed E-state index contributed by atoms with van der Waals surface area (Å²) in [5.41, 5.74) is 8.44. The Labute approximate surface area is 119 Å². The van der Waals surface area contributed by atoms with Crippen molar-refractivity contribution in [1.82, 2.24) is 0 Å². The van der Waals surface area contributed by atoms with Gasteiger partial charge in [-0.3, -0.25) is 10.2 Å². The highest BCUT2D eigenvalue weighted by atomic mass is 16.1. The number of aryl methyl sites for hydroxylation is 1. The van der Waals surface area contributed by atoms with Crippen molar-refractivity contribution in [2.75, 3.05) is 4.90 Å². The van der Waals surface area contributed by atoms with E-state index >= 15 is 0 Å². The first-order chi connectivity index (χ1) is 9.56. The van der Waals surface area contributed by atoms with E-state index in [2.05, 4.69) is 11.8 Å². The zero-order valence-corrected chi connectivity index (χ0v) is 11.9. The van der Waals surface area contributed by atoms with Gasteiger partial charge in [0.1, 0.15) is 5.84 Å². The average molecular weight is 271 g/mol. The molecule has 1 aromatic carbocycles. The number of carbonyl (C=O) groups is 1. The van der Waals surface area contributed by atoms with Crippen molar-refractivity contribution in [3.05, 3.63) is 29.3 Å². The van der Waals surface area contributed by atoms with Crippen LogP contribution in [0.3, 0.4) is 0 Å². The predicted octanol–water partition coefficient (Wildman–Crippen LogP) is 2.38. The molecule has 0 aromatic heterocycles. The molecule has 4 rings (SSSR count). The number of benzene rings is 1. The molecule has 1 amide bonds. The summed E-state index contributed by atoms with van der Waals surface area (Å²) in [6.45, 7) is 2.05. The summed E-state index contributed by atoms with van der Waals surface area (Å²) < 4.78 is 0. The van der Waals surface area contributed by atoms with Gasteiger partial charge in [-0.2, -0.15) is 0 Å². The second-order valence-corrected chi connectivity index (χ2v) is 6.02. The van der Waals surface area contributed by atoms with Gasteiger partial charge in [0.05, 0.1) is 6.42 Å². The van der Waals surface area contributed by atoms with Crippen molar-refractivity contribution in [1.29, 1.82) is 5.41 Å². The first-order valence-electron chi connectivity index (χ1n) is 7.32. The van der Waals surface area contributed by atoms with Crippen LogP contribution in [0, 0.1) is 18.3 Å². The smallest absolute Gasteiger partial charge is 0.221 e. The second-order valence-electron chi connectivity index (χ2n) is 6.02. The third-order valence-electron chi connectivity index (χ3n) is 4.61. The number of fused-ring (bicyclic) bond motifs is 3. The van der Waals surface area contributed by atoms with E-state index in [1.165, 1.54) is 25.7 Å². The van der Waals surface area contributed by atoms with Gasteiger partial charge < -0.3 is 10.6 Å². The number of anilines is 1. The van der Waals surface area contributed by atoms with E-state index in [-0.39, 0.29) is 12.3 Å². The van der Waals surface area contributed by atoms with Crippen LogP contribution in [0.1, 0.15) is 36.8 Å². The maximum Gasteiger partial charge on any atom is 0.221 e. The second kappa shape index (κ2) is 4.93. The Morgan fingerprint density at radius 3 is 2.60 bits per heavy atom. The lowest BCUT2D eigenvalue weighted by molar-refractivity contribution is -0.117. The number of rotatable bonds is 3. The molecular weight excluding hydrogens is 250 g/mol. The molecule has 0 atom stereocenters. The number of piperidine rings is 2. The molecule has 0 radical (unpaired) electrons. The number of nitrogens with one attached hydrogen (secondary N) is 1. The third kappa shape index (κ3) is 2.19. The molecule has 4 heteroatoms. The Morgan fingerprint density at radius 1 is 1.35 bits per heavy atom. The van der Waals surface area contributed by atoms with E-state index in [1.54, 1.807) is 0 Å². The molecule has 1 aromatic rings. The molecule has 2 aliphatic heterocycles. The minimum atomic E-state index is -0.304. The van der Waals surface area contributed by atoms with Crippen molar-refractivity contribution < 1.29 is 4.79 Å². The highest BCUT2D eigenvalue weighted by Crippen LogP contribution is 2.40. The maximum absolute atomic E-state index is 11.0. The maximum atomic E-state index is 11.0. The van der Waals surface area contributed by atoms with Gasteiger partial charge in [0.2, 0.25) is 5.91 Å². The van der Waals surface area contributed by atoms with E-state index in [0.717, 1.165) is 22.6 Å². The molecular formula is C16H21N3O. The van der Waals surface area contributed by atoms with Crippen LogP contribution in [-0.2, 0) is 11.2 Å². The van der Waals surface area contributed by atoms with Crippen molar-refractivity contribution in [2.24, 2.45) is 11.7 Å². The van der Waals surface area contributed by atoms with Gasteiger partial charge in [0, 0.05) is 17.6 Å². The summed E-state index contributed by atoms with van der Waals surface area (Å²) in [7, 11) is 0. The highest BCUT2D eigenvalue weighted by molar-refractivity contribution is 6.00. The van der Waals surface area contributed by atoms with Gasteiger partial charge in [-0.25, -0.2) is 0 Å². The van der Waals surface area contributed by atoms with Crippen LogP contribution >= 0.6 is 0 Å². The highest BCUT2D eigenvalue weighted by Gasteiger charge is 2.38. The fourth-order valence-electron chi connectivity index (χ4n) is 3.63. The number of amides is 1. The van der Waals surface area contributed by atoms with Gasteiger partial charge in [-0.15, -0.1) is 0 Å². The third-order valence-corrected chi connectivity index (χ3v) is 4.61. The van der Waals surface area contributed by atoms with Gasteiger partial charge in [-0.05, 0) is 49.8 Å². The van der Waals surface area contributed by atoms with Crippen molar-refractivity contribution in [3.63, 3.8) is 0 Å². The summed E-state index contributed by atoms with van der Waals surface area (Å²) >= 11 is 0. The Kier molecular flexibility index (Phi) is 3.24. The Bertz CT molecular complexity index is 559. The normalized spacial score (nSPS) is 25.1. The molecule has 3 aliphatic rings. The Hall–Kier alpha value is -1.84. The van der Waals surface area contributed by atoms with Crippen LogP contribution in [-0.4, -0.2) is 17.8 Å². The average Bonchev–Trinajstić information content (AvgIpc) is 2.41. The van der Waals surface area contributed by atoms with Crippen LogP contribution in [0.25, 0.3) is 0 Å². The zero-order chi connectivity index (χ0) is 14.3. The standard InChI is InChI=1S/C16H21N3O/c1-10-8-11(9-15(17)20)2-7-14(10)19-13-5-3-12(4-6-13)16(19)18/h2,7-8,12-13,18H,3-6,9H2,1H3,(H2,17,20). The minimum Gasteiger partial charge on any atom is -0.369 e. The van der Waals surface area contributed by atoms with E-state index in [4.69, 9.17) is 11.1 Å². The number of hydrogen-bond donors (Lipinski definition) is 2. The number of nitrogens with two attached hydrogens (primary N) is 1. The summed E-state index contributed by atoms with van der Waals surface area (Å²) in [5.74, 6) is 0.907. The van der Waals surface area contributed by atoms with Crippen LogP contribution in [0.5, 0.6) is 0 Å². The molecule has 1 aliphatic carbocycles. The summed E-state index contributed by atoms with van der Waals surface area (Å²) in [4.78, 5) is 13.2. The molecule has 3 N–H and O–H groups in total. The molecule has 3 fully saturated rings. The van der Waals surface area contributed by atoms with Gasteiger partial charge in [0.15, 0.2) is 0 Å². The lowest BCUT2D eigenvalue weighted by Gasteiger charge is -2.47. The first kappa shape index (κ1) is 13.2. The first-order valence-corrected chi connectivity index (χ1v) is 7.32. The van der Waals surface area contributed by atoms with Gasteiger partial charge >= 0.3 is 0 Å². The SMILES string of the molecule is Cc1cc(CC(N)=O)ccc1N1C(=N)C2CCC1CC2. The van der Waals surface area contributed by atoms with Crippen molar-refractivity contribution in [2.45, 2.75) is 45.1 Å². The number of primary amides is 1. The largest absolute Gasteiger partial charge is 0.369 e. The Balaban J connectivity index is 1.90. The van der Waals surface area contributed by atoms with Crippen LogP contribution in [0.2, 0.25) is 0 Å². The Morgan fingerprint density at radius 2 is 2.05 bits per heavy atom. The monoisotopic (exact) mass is 271 g/mol. The van der Waals surface area contributed by atoms with Crippen LogP contribution in [0.15, 0.2) is 18.2 Å².